The molecule has 0 aliphatic carbocycles. The van der Waals surface area contributed by atoms with Gasteiger partial charge in [0.15, 0.2) is 11.9 Å². The standard InChI is InChI=1S/C16H19FN4O3/c1-11(24-13-5-3-4-12(17)8-13)16(22)21-6-7-23-14(9-21)15-19-18-10-20(15)2/h3-5,8,10-11,14H,6-7,9H2,1-2H3/t11-,14+/m0/s1. The summed E-state index contributed by atoms with van der Waals surface area (Å²) in [5.74, 6) is 0.427. The van der Waals surface area contributed by atoms with Gasteiger partial charge in [-0.2, -0.15) is 0 Å². The van der Waals surface area contributed by atoms with Gasteiger partial charge in [0.25, 0.3) is 5.91 Å². The first-order valence-electron chi connectivity index (χ1n) is 7.71. The molecule has 2 atom stereocenters. The van der Waals surface area contributed by atoms with E-state index in [0.717, 1.165) is 0 Å². The van der Waals surface area contributed by atoms with Crippen LogP contribution < -0.4 is 4.74 Å². The lowest BCUT2D eigenvalue weighted by Gasteiger charge is -2.33. The number of morpholine rings is 1. The Morgan fingerprint density at radius 2 is 2.33 bits per heavy atom. The average molecular weight is 334 g/mol. The topological polar surface area (TPSA) is 69.5 Å². The number of aromatic nitrogens is 3. The molecule has 8 heteroatoms. The molecule has 1 fully saturated rings. The van der Waals surface area contributed by atoms with Gasteiger partial charge < -0.3 is 18.9 Å². The number of ether oxygens (including phenoxy) is 2. The van der Waals surface area contributed by atoms with Crippen LogP contribution in [-0.4, -0.2) is 51.4 Å². The van der Waals surface area contributed by atoms with Gasteiger partial charge in [0.05, 0.1) is 13.2 Å². The third-order valence-corrected chi connectivity index (χ3v) is 3.87. The summed E-state index contributed by atoms with van der Waals surface area (Å²) in [6.45, 7) is 2.92. The summed E-state index contributed by atoms with van der Waals surface area (Å²) in [6, 6.07) is 5.74. The van der Waals surface area contributed by atoms with Crippen LogP contribution in [0.3, 0.4) is 0 Å². The molecule has 1 aliphatic heterocycles. The molecule has 2 aromatic rings. The fourth-order valence-corrected chi connectivity index (χ4v) is 2.64. The van der Waals surface area contributed by atoms with Gasteiger partial charge >= 0.3 is 0 Å². The molecule has 0 N–H and O–H groups in total. The fourth-order valence-electron chi connectivity index (χ4n) is 2.64. The molecular weight excluding hydrogens is 315 g/mol. The van der Waals surface area contributed by atoms with Gasteiger partial charge in [-0.1, -0.05) is 6.07 Å². The molecule has 0 radical (unpaired) electrons. The van der Waals surface area contributed by atoms with Crippen LogP contribution in [0.25, 0.3) is 0 Å². The summed E-state index contributed by atoms with van der Waals surface area (Å²) >= 11 is 0. The molecule has 7 nitrogen and oxygen atoms in total. The van der Waals surface area contributed by atoms with Crippen LogP contribution in [0.2, 0.25) is 0 Å². The van der Waals surface area contributed by atoms with Crippen molar-refractivity contribution in [1.82, 2.24) is 19.7 Å². The first kappa shape index (κ1) is 16.4. The number of carbonyl (C=O) groups excluding carboxylic acids is 1. The third kappa shape index (κ3) is 3.53. The maximum Gasteiger partial charge on any atom is 0.263 e. The minimum absolute atomic E-state index is 0.172. The number of amides is 1. The zero-order valence-electron chi connectivity index (χ0n) is 13.6. The highest BCUT2D eigenvalue weighted by Crippen LogP contribution is 2.21. The first-order chi connectivity index (χ1) is 11.5. The Kier molecular flexibility index (Phi) is 4.75. The van der Waals surface area contributed by atoms with Gasteiger partial charge in [0.2, 0.25) is 0 Å². The second-order valence-corrected chi connectivity index (χ2v) is 5.66. The van der Waals surface area contributed by atoms with E-state index in [1.807, 2.05) is 7.05 Å². The van der Waals surface area contributed by atoms with E-state index in [1.54, 1.807) is 34.9 Å². The van der Waals surface area contributed by atoms with Crippen LogP contribution in [0.1, 0.15) is 18.9 Å². The molecule has 0 saturated carbocycles. The number of nitrogens with zero attached hydrogens (tertiary/aromatic N) is 4. The smallest absolute Gasteiger partial charge is 0.263 e. The number of halogens is 1. The van der Waals surface area contributed by atoms with Crippen molar-refractivity contribution in [2.75, 3.05) is 19.7 Å². The van der Waals surface area contributed by atoms with E-state index < -0.39 is 11.9 Å². The molecule has 3 rings (SSSR count). The van der Waals surface area contributed by atoms with Gasteiger partial charge in [-0.25, -0.2) is 4.39 Å². The molecule has 0 spiro atoms. The molecule has 1 aromatic carbocycles. The minimum Gasteiger partial charge on any atom is -0.481 e. The highest BCUT2D eigenvalue weighted by molar-refractivity contribution is 5.81. The number of rotatable bonds is 4. The zero-order valence-corrected chi connectivity index (χ0v) is 13.6. The van der Waals surface area contributed by atoms with Crippen molar-refractivity contribution in [3.8, 4) is 5.75 Å². The number of hydrogen-bond donors (Lipinski definition) is 0. The molecule has 0 bridgehead atoms. The van der Waals surface area contributed by atoms with E-state index in [0.29, 0.717) is 31.3 Å². The van der Waals surface area contributed by atoms with Crippen molar-refractivity contribution < 1.29 is 18.7 Å². The predicted octanol–water partition coefficient (Wildman–Crippen LogP) is 1.32. The van der Waals surface area contributed by atoms with Crippen LogP contribution in [-0.2, 0) is 16.6 Å². The quantitative estimate of drug-likeness (QED) is 0.843. The third-order valence-electron chi connectivity index (χ3n) is 3.87. The van der Waals surface area contributed by atoms with E-state index in [2.05, 4.69) is 10.2 Å². The number of benzene rings is 1. The molecule has 1 aromatic heterocycles. The Balaban J connectivity index is 1.64. The molecule has 1 saturated heterocycles. The summed E-state index contributed by atoms with van der Waals surface area (Å²) < 4.78 is 26.2. The lowest BCUT2D eigenvalue weighted by atomic mass is 10.2. The van der Waals surface area contributed by atoms with Gasteiger partial charge in [-0.15, -0.1) is 10.2 Å². The van der Waals surface area contributed by atoms with Crippen LogP contribution >= 0.6 is 0 Å². The first-order valence-corrected chi connectivity index (χ1v) is 7.71. The van der Waals surface area contributed by atoms with E-state index in [1.165, 1.54) is 12.1 Å². The SMILES string of the molecule is C[C@H](Oc1cccc(F)c1)C(=O)N1CCO[C@@H](c2nncn2C)C1. The normalized spacial score (nSPS) is 19.1. The Hall–Kier alpha value is -2.48. The van der Waals surface area contributed by atoms with Crippen LogP contribution in [0.5, 0.6) is 5.75 Å². The molecular formula is C16H19FN4O3. The number of carbonyl (C=O) groups is 1. The Morgan fingerprint density at radius 1 is 1.50 bits per heavy atom. The maximum atomic E-state index is 13.2. The molecule has 1 aliphatic rings. The van der Waals surface area contributed by atoms with Gasteiger partial charge in [0.1, 0.15) is 24.0 Å². The number of aryl methyl sites for hydroxylation is 1. The molecule has 1 amide bonds. The molecule has 128 valence electrons. The van der Waals surface area contributed by atoms with Gasteiger partial charge in [0, 0.05) is 19.7 Å². The average Bonchev–Trinajstić information content (AvgIpc) is 3.00. The highest BCUT2D eigenvalue weighted by atomic mass is 19.1. The number of hydrogen-bond acceptors (Lipinski definition) is 5. The molecule has 2 heterocycles. The van der Waals surface area contributed by atoms with Crippen molar-refractivity contribution in [2.24, 2.45) is 7.05 Å². The highest BCUT2D eigenvalue weighted by Gasteiger charge is 2.31. The Bertz CT molecular complexity index is 721. The Labute approximate surface area is 139 Å². The lowest BCUT2D eigenvalue weighted by molar-refractivity contribution is -0.146. The summed E-state index contributed by atoms with van der Waals surface area (Å²) in [4.78, 5) is 14.3. The summed E-state index contributed by atoms with van der Waals surface area (Å²) in [6.07, 6.45) is 0.552. The largest absolute Gasteiger partial charge is 0.481 e. The molecule has 24 heavy (non-hydrogen) atoms. The second kappa shape index (κ2) is 6.96. The predicted molar refractivity (Wildman–Crippen MR) is 82.8 cm³/mol. The van der Waals surface area contributed by atoms with Crippen LogP contribution in [0, 0.1) is 5.82 Å². The van der Waals surface area contributed by atoms with Crippen molar-refractivity contribution in [3.05, 3.63) is 42.2 Å². The van der Waals surface area contributed by atoms with Crippen LogP contribution in [0.15, 0.2) is 30.6 Å². The van der Waals surface area contributed by atoms with E-state index in [4.69, 9.17) is 9.47 Å². The van der Waals surface area contributed by atoms with Crippen molar-refractivity contribution in [1.29, 1.82) is 0 Å². The fraction of sp³-hybridized carbons (Fsp3) is 0.438. The monoisotopic (exact) mass is 334 g/mol. The zero-order chi connectivity index (χ0) is 17.1. The van der Waals surface area contributed by atoms with E-state index in [-0.39, 0.29) is 12.0 Å². The van der Waals surface area contributed by atoms with Gasteiger partial charge in [-0.3, -0.25) is 4.79 Å². The van der Waals surface area contributed by atoms with Crippen molar-refractivity contribution >= 4 is 5.91 Å². The van der Waals surface area contributed by atoms with Crippen LogP contribution in [0.4, 0.5) is 4.39 Å². The Morgan fingerprint density at radius 3 is 3.04 bits per heavy atom. The summed E-state index contributed by atoms with van der Waals surface area (Å²) in [7, 11) is 1.83. The second-order valence-electron chi connectivity index (χ2n) is 5.66. The minimum atomic E-state index is -0.718. The van der Waals surface area contributed by atoms with Crippen molar-refractivity contribution in [2.45, 2.75) is 19.1 Å². The van der Waals surface area contributed by atoms with E-state index >= 15 is 0 Å². The summed E-state index contributed by atoms with van der Waals surface area (Å²) in [5.41, 5.74) is 0. The maximum absolute atomic E-state index is 13.2. The van der Waals surface area contributed by atoms with Gasteiger partial charge in [-0.05, 0) is 19.1 Å². The molecule has 0 unspecified atom stereocenters. The van der Waals surface area contributed by atoms with E-state index in [9.17, 15) is 9.18 Å². The lowest BCUT2D eigenvalue weighted by Crippen LogP contribution is -2.47. The summed E-state index contributed by atoms with van der Waals surface area (Å²) in [5, 5.41) is 7.87. The van der Waals surface area contributed by atoms with Crippen molar-refractivity contribution in [3.63, 3.8) is 0 Å².